The standard InChI is InChI=1S/C24H43O6P/c1-3-4-5-6-7-8-9-10-11-12-13-14-15-16-17-18-28-31(26)29-20-22-19-27-24(25)23(22)21(2)30-31/h22H,3-20H2,1-2H3/t22-,31-/m1/s1. The van der Waals surface area contributed by atoms with Crippen molar-refractivity contribution in [2.45, 2.75) is 110 Å². The number of esters is 1. The van der Waals surface area contributed by atoms with Crippen LogP contribution in [0.2, 0.25) is 0 Å². The van der Waals surface area contributed by atoms with Crippen molar-refractivity contribution in [3.05, 3.63) is 11.3 Å². The molecule has 0 aliphatic carbocycles. The second-order valence-corrected chi connectivity index (χ2v) is 10.5. The monoisotopic (exact) mass is 458 g/mol. The lowest BCUT2D eigenvalue weighted by molar-refractivity contribution is -0.135. The fourth-order valence-corrected chi connectivity index (χ4v) is 5.53. The van der Waals surface area contributed by atoms with Crippen LogP contribution in [0, 0.1) is 5.92 Å². The van der Waals surface area contributed by atoms with E-state index in [1.54, 1.807) is 6.92 Å². The lowest BCUT2D eigenvalue weighted by Gasteiger charge is -2.17. The Hall–Kier alpha value is -0.840. The molecule has 2 aliphatic rings. The van der Waals surface area contributed by atoms with E-state index in [2.05, 4.69) is 6.92 Å². The number of ether oxygens (including phenoxy) is 1. The zero-order valence-electron chi connectivity index (χ0n) is 19.7. The van der Waals surface area contributed by atoms with E-state index in [4.69, 9.17) is 18.3 Å². The highest BCUT2D eigenvalue weighted by Crippen LogP contribution is 2.54. The Kier molecular flexibility index (Phi) is 12.8. The number of allylic oxidation sites excluding steroid dienone is 1. The first-order valence-electron chi connectivity index (χ1n) is 12.5. The molecule has 6 nitrogen and oxygen atoms in total. The highest BCUT2D eigenvalue weighted by molar-refractivity contribution is 7.48. The molecular weight excluding hydrogens is 415 g/mol. The molecule has 0 aromatic rings. The van der Waals surface area contributed by atoms with Gasteiger partial charge in [-0.05, 0) is 13.3 Å². The lowest BCUT2D eigenvalue weighted by Crippen LogP contribution is -2.10. The van der Waals surface area contributed by atoms with Gasteiger partial charge in [0.25, 0.3) is 0 Å². The fraction of sp³-hybridized carbons (Fsp3) is 0.875. The molecule has 0 bridgehead atoms. The average Bonchev–Trinajstić information content (AvgIpc) is 3.06. The van der Waals surface area contributed by atoms with Gasteiger partial charge in [-0.3, -0.25) is 9.05 Å². The van der Waals surface area contributed by atoms with Crippen LogP contribution in [0.1, 0.15) is 110 Å². The molecule has 0 saturated carbocycles. The zero-order chi connectivity index (χ0) is 22.4. The first-order valence-corrected chi connectivity index (χ1v) is 14.0. The maximum absolute atomic E-state index is 12.7. The van der Waals surface area contributed by atoms with Crippen molar-refractivity contribution in [2.75, 3.05) is 19.8 Å². The first-order chi connectivity index (χ1) is 15.1. The van der Waals surface area contributed by atoms with Crippen molar-refractivity contribution in [2.24, 2.45) is 5.92 Å². The molecule has 0 N–H and O–H groups in total. The second-order valence-electron chi connectivity index (χ2n) is 8.88. The molecular formula is C24H43O6P. The quantitative estimate of drug-likeness (QED) is 0.128. The normalized spacial score (nSPS) is 23.4. The SMILES string of the molecule is CCCCCCCCCCCCCCCCCO[P@]1(=O)OC[C@H]2COC(=O)C2=C(C)O1. The van der Waals surface area contributed by atoms with Crippen LogP contribution in [-0.2, 0) is 27.7 Å². The van der Waals surface area contributed by atoms with Crippen LogP contribution in [-0.4, -0.2) is 25.8 Å². The van der Waals surface area contributed by atoms with Gasteiger partial charge in [0.2, 0.25) is 0 Å². The fourth-order valence-electron chi connectivity index (χ4n) is 4.20. The summed E-state index contributed by atoms with van der Waals surface area (Å²) in [5.41, 5.74) is 0.424. The minimum Gasteiger partial charge on any atom is -0.461 e. The summed E-state index contributed by atoms with van der Waals surface area (Å²) in [5, 5.41) is 0. The van der Waals surface area contributed by atoms with Crippen molar-refractivity contribution >= 4 is 13.8 Å². The number of rotatable bonds is 17. The van der Waals surface area contributed by atoms with E-state index >= 15 is 0 Å². The van der Waals surface area contributed by atoms with Gasteiger partial charge in [-0.25, -0.2) is 9.36 Å². The van der Waals surface area contributed by atoms with Gasteiger partial charge >= 0.3 is 13.8 Å². The summed E-state index contributed by atoms with van der Waals surface area (Å²) in [6.07, 6.45) is 19.4. The summed E-state index contributed by atoms with van der Waals surface area (Å²) in [4.78, 5) is 11.8. The summed E-state index contributed by atoms with van der Waals surface area (Å²) in [6.45, 7) is 4.59. The second kappa shape index (κ2) is 15.1. The summed E-state index contributed by atoms with van der Waals surface area (Å²) in [7, 11) is -3.65. The van der Waals surface area contributed by atoms with E-state index in [1.165, 1.54) is 83.5 Å². The molecule has 1 fully saturated rings. The van der Waals surface area contributed by atoms with Crippen molar-refractivity contribution in [3.8, 4) is 0 Å². The van der Waals surface area contributed by atoms with Gasteiger partial charge in [0.05, 0.1) is 24.7 Å². The van der Waals surface area contributed by atoms with E-state index in [0.29, 0.717) is 17.9 Å². The van der Waals surface area contributed by atoms with Crippen molar-refractivity contribution in [1.29, 1.82) is 0 Å². The number of hydrogen-bond donors (Lipinski definition) is 0. The molecule has 1 saturated heterocycles. The molecule has 180 valence electrons. The minimum absolute atomic E-state index is 0.120. The molecule has 2 rings (SSSR count). The number of carbonyl (C=O) groups is 1. The number of phosphoric acid groups is 1. The Morgan fingerprint density at radius 2 is 1.35 bits per heavy atom. The zero-order valence-corrected chi connectivity index (χ0v) is 20.6. The smallest absolute Gasteiger partial charge is 0.461 e. The number of hydrogen-bond acceptors (Lipinski definition) is 6. The van der Waals surface area contributed by atoms with E-state index in [9.17, 15) is 9.36 Å². The predicted octanol–water partition coefficient (Wildman–Crippen LogP) is 7.48. The molecule has 2 aliphatic heterocycles. The summed E-state index contributed by atoms with van der Waals surface area (Å²) in [5.74, 6) is -0.343. The van der Waals surface area contributed by atoms with Crippen LogP contribution in [0.15, 0.2) is 11.3 Å². The Balaban J connectivity index is 1.42. The van der Waals surface area contributed by atoms with Crippen molar-refractivity contribution in [1.82, 2.24) is 0 Å². The maximum Gasteiger partial charge on any atom is 0.529 e. The summed E-state index contributed by atoms with van der Waals surface area (Å²) >= 11 is 0. The molecule has 0 unspecified atom stereocenters. The molecule has 2 heterocycles. The summed E-state index contributed by atoms with van der Waals surface area (Å²) in [6, 6.07) is 0. The number of unbranched alkanes of at least 4 members (excludes halogenated alkanes) is 14. The number of carbonyl (C=O) groups excluding carboxylic acids is 1. The van der Waals surface area contributed by atoms with Crippen LogP contribution in [0.25, 0.3) is 0 Å². The van der Waals surface area contributed by atoms with E-state index < -0.39 is 13.8 Å². The molecule has 0 radical (unpaired) electrons. The Labute approximate surface area is 189 Å². The molecule has 0 aromatic heterocycles. The molecule has 0 aromatic carbocycles. The number of phosphoric ester groups is 1. The molecule has 0 amide bonds. The third-order valence-electron chi connectivity index (χ3n) is 6.10. The van der Waals surface area contributed by atoms with E-state index in [-0.39, 0.29) is 19.1 Å². The minimum atomic E-state index is -3.65. The largest absolute Gasteiger partial charge is 0.529 e. The Bertz CT molecular complexity index is 603. The van der Waals surface area contributed by atoms with Gasteiger partial charge in [0, 0.05) is 0 Å². The first kappa shape index (κ1) is 26.4. The predicted molar refractivity (Wildman–Crippen MR) is 123 cm³/mol. The third-order valence-corrected chi connectivity index (χ3v) is 7.56. The third kappa shape index (κ3) is 10.1. The van der Waals surface area contributed by atoms with Gasteiger partial charge in [0.15, 0.2) is 0 Å². The van der Waals surface area contributed by atoms with Crippen molar-refractivity contribution < 1.29 is 27.7 Å². The van der Waals surface area contributed by atoms with Gasteiger partial charge in [-0.2, -0.15) is 0 Å². The van der Waals surface area contributed by atoms with Crippen LogP contribution >= 0.6 is 7.82 Å². The van der Waals surface area contributed by atoms with Crippen molar-refractivity contribution in [3.63, 3.8) is 0 Å². The number of cyclic esters (lactones) is 1. The highest BCUT2D eigenvalue weighted by Gasteiger charge is 2.42. The van der Waals surface area contributed by atoms with Gasteiger partial charge < -0.3 is 9.26 Å². The topological polar surface area (TPSA) is 71.1 Å². The maximum atomic E-state index is 12.7. The van der Waals surface area contributed by atoms with E-state index in [1.807, 2.05) is 0 Å². The molecule has 2 atom stereocenters. The van der Waals surface area contributed by atoms with Gasteiger partial charge in [-0.1, -0.05) is 96.8 Å². The molecule has 0 spiro atoms. The van der Waals surface area contributed by atoms with Crippen LogP contribution < -0.4 is 0 Å². The highest BCUT2D eigenvalue weighted by atomic mass is 31.2. The van der Waals surface area contributed by atoms with E-state index in [0.717, 1.165) is 12.8 Å². The molecule has 7 heteroatoms. The van der Waals surface area contributed by atoms with Crippen LogP contribution in [0.5, 0.6) is 0 Å². The Morgan fingerprint density at radius 3 is 1.90 bits per heavy atom. The van der Waals surface area contributed by atoms with Gasteiger partial charge in [-0.15, -0.1) is 0 Å². The average molecular weight is 459 g/mol. The van der Waals surface area contributed by atoms with Gasteiger partial charge in [0.1, 0.15) is 12.4 Å². The molecule has 31 heavy (non-hydrogen) atoms. The Morgan fingerprint density at radius 1 is 0.839 bits per heavy atom. The lowest BCUT2D eigenvalue weighted by atomic mass is 10.0. The van der Waals surface area contributed by atoms with Crippen LogP contribution in [0.4, 0.5) is 0 Å². The van der Waals surface area contributed by atoms with Crippen LogP contribution in [0.3, 0.4) is 0 Å². The number of fused-ring (bicyclic) bond motifs is 1. The summed E-state index contributed by atoms with van der Waals surface area (Å²) < 4.78 is 33.9.